The zero-order chi connectivity index (χ0) is 45.5. The van der Waals surface area contributed by atoms with E-state index >= 15 is 0 Å². The number of aromatic nitrogens is 3. The third kappa shape index (κ3) is 7.31. The van der Waals surface area contributed by atoms with Gasteiger partial charge >= 0.3 is 12.1 Å². The molecule has 3 saturated carbocycles. The third-order valence-corrected chi connectivity index (χ3v) is 19.6. The molecule has 3 N–H and O–H groups in total. The SMILES string of the molecule is CC(C)[C@@H](C)[C@@]1(C)CC[C@]2(C)[C@H]3CC[C@H]4C5(C)COC[C@@]4(C[C@@H](n4ncnc4C4CCN(C(=O)OCc6ccccc6)CC4)[C@@H]5OC[C@](C)(N)C(C)(C)C)C3=CC[C@@]2(C)[C@@H]1C(=O)O. The molecule has 0 radical (unpaired) electrons. The van der Waals surface area contributed by atoms with Gasteiger partial charge in [0.15, 0.2) is 0 Å². The number of allylic oxidation sites excluding steroid dienone is 1. The summed E-state index contributed by atoms with van der Waals surface area (Å²) in [5.74, 6) is 1.25. The van der Waals surface area contributed by atoms with Gasteiger partial charge in [-0.3, -0.25) is 4.79 Å². The summed E-state index contributed by atoms with van der Waals surface area (Å²) in [6, 6.07) is 9.68. The van der Waals surface area contributed by atoms with Gasteiger partial charge in [0.2, 0.25) is 0 Å². The topological polar surface area (TPSA) is 142 Å². The Morgan fingerprint density at radius 1 is 0.968 bits per heavy atom. The molecule has 2 aromatic rings. The Hall–Kier alpha value is -3.28. The number of carbonyl (C=O) groups is 2. The van der Waals surface area contributed by atoms with Crippen LogP contribution in [-0.4, -0.2) is 81.4 Å². The van der Waals surface area contributed by atoms with Crippen LogP contribution in [0.5, 0.6) is 0 Å². The molecule has 11 heteroatoms. The number of fused-ring (bicyclic) bond motifs is 3. The van der Waals surface area contributed by atoms with E-state index in [1.54, 1.807) is 6.33 Å². The molecule has 1 aromatic carbocycles. The zero-order valence-corrected chi connectivity index (χ0v) is 40.4. The molecule has 2 saturated heterocycles. The van der Waals surface area contributed by atoms with E-state index in [0.29, 0.717) is 44.7 Å². The van der Waals surface area contributed by atoms with Crippen molar-refractivity contribution in [2.75, 3.05) is 32.9 Å². The van der Waals surface area contributed by atoms with Gasteiger partial charge in [-0.05, 0) is 109 Å². The minimum atomic E-state index is -0.635. The number of hydrogen-bond acceptors (Lipinski definition) is 8. The fourth-order valence-electron chi connectivity index (χ4n) is 14.5. The highest BCUT2D eigenvalue weighted by molar-refractivity contribution is 5.73. The van der Waals surface area contributed by atoms with E-state index < -0.39 is 22.8 Å². The first-order valence-corrected chi connectivity index (χ1v) is 24.3. The van der Waals surface area contributed by atoms with Crippen molar-refractivity contribution in [1.82, 2.24) is 19.7 Å². The summed E-state index contributed by atoms with van der Waals surface area (Å²) in [6.45, 7) is 28.0. The number of nitrogens with two attached hydrogens (primary N) is 1. The molecular weight excluding hydrogens is 791 g/mol. The summed E-state index contributed by atoms with van der Waals surface area (Å²) >= 11 is 0. The van der Waals surface area contributed by atoms with Crippen LogP contribution in [0, 0.1) is 62.1 Å². The van der Waals surface area contributed by atoms with Gasteiger partial charge in [0, 0.05) is 35.4 Å². The summed E-state index contributed by atoms with van der Waals surface area (Å²) in [7, 11) is 0. The van der Waals surface area contributed by atoms with Crippen LogP contribution < -0.4 is 5.73 Å². The predicted molar refractivity (Wildman–Crippen MR) is 245 cm³/mol. The molecule has 1 aromatic heterocycles. The van der Waals surface area contributed by atoms with E-state index in [1.165, 1.54) is 5.57 Å². The quantitative estimate of drug-likeness (QED) is 0.223. The molecule has 12 atom stereocenters. The minimum Gasteiger partial charge on any atom is -0.481 e. The van der Waals surface area contributed by atoms with Gasteiger partial charge < -0.3 is 30.0 Å². The zero-order valence-electron chi connectivity index (χ0n) is 40.4. The second kappa shape index (κ2) is 16.3. The van der Waals surface area contributed by atoms with Crippen molar-refractivity contribution >= 4 is 12.1 Å². The molecule has 0 spiro atoms. The molecule has 6 aliphatic rings. The van der Waals surface area contributed by atoms with Crippen molar-refractivity contribution in [3.8, 4) is 0 Å². The van der Waals surface area contributed by atoms with Crippen LogP contribution in [0.3, 0.4) is 0 Å². The van der Waals surface area contributed by atoms with Crippen molar-refractivity contribution in [3.05, 3.63) is 59.7 Å². The number of carboxylic acids is 1. The summed E-state index contributed by atoms with van der Waals surface area (Å²) in [6.07, 6.45) is 10.8. The maximum atomic E-state index is 13.7. The number of amides is 1. The van der Waals surface area contributed by atoms with Crippen LogP contribution in [0.15, 0.2) is 48.3 Å². The number of piperidine rings is 1. The highest BCUT2D eigenvalue weighted by Gasteiger charge is 2.72. The molecule has 1 unspecified atom stereocenters. The van der Waals surface area contributed by atoms with Crippen LogP contribution in [0.2, 0.25) is 0 Å². The van der Waals surface area contributed by atoms with Gasteiger partial charge in [-0.25, -0.2) is 14.5 Å². The van der Waals surface area contributed by atoms with Crippen LogP contribution in [0.25, 0.3) is 0 Å². The van der Waals surface area contributed by atoms with Crippen LogP contribution in [-0.2, 0) is 25.6 Å². The third-order valence-electron chi connectivity index (χ3n) is 19.6. The highest BCUT2D eigenvalue weighted by Crippen LogP contribution is 2.75. The Morgan fingerprint density at radius 2 is 1.67 bits per heavy atom. The second-order valence-electron chi connectivity index (χ2n) is 23.9. The molecule has 8 rings (SSSR count). The molecule has 3 heterocycles. The predicted octanol–water partition coefficient (Wildman–Crippen LogP) is 10.1. The number of nitrogens with zero attached hydrogens (tertiary/aromatic N) is 4. The molecule has 5 fully saturated rings. The Kier molecular flexibility index (Phi) is 11.9. The number of benzene rings is 1. The number of carboxylic acid groups (broad SMARTS) is 1. The standard InChI is InChI=1S/C52H79N5O6/c1-33(2)34(3)47(7)23-24-49(9)37-17-18-40-48(8)29-61-31-52(40,38(37)19-22-50(49,10)41(47)44(58)59)27-39(42(48)63-30-51(11,53)46(4,5)6)57-43(54-32-55-57)36-20-25-56(26-21-36)45(60)62-28-35-15-13-12-14-16-35/h12-16,19,32-34,36-37,39-42H,17-18,20-31,53H2,1-11H3,(H,58,59)/t34-,37+,39-,40+,41-,42+,47-,48?,49-,50+,51+,52+/m1/s1. The van der Waals surface area contributed by atoms with E-state index in [9.17, 15) is 14.7 Å². The molecule has 4 aliphatic carbocycles. The number of aliphatic carboxylic acids is 1. The number of hydrogen-bond donors (Lipinski definition) is 2. The molecule has 11 nitrogen and oxygen atoms in total. The van der Waals surface area contributed by atoms with Gasteiger partial charge in [-0.2, -0.15) is 5.10 Å². The van der Waals surface area contributed by atoms with Gasteiger partial charge in [0.25, 0.3) is 0 Å². The second-order valence-corrected chi connectivity index (χ2v) is 23.9. The van der Waals surface area contributed by atoms with E-state index in [4.69, 9.17) is 30.0 Å². The molecular formula is C52H79N5O6. The van der Waals surface area contributed by atoms with Crippen molar-refractivity contribution in [2.24, 2.45) is 67.8 Å². The normalized spacial score (nSPS) is 38.4. The smallest absolute Gasteiger partial charge is 0.410 e. The lowest BCUT2D eigenvalue weighted by molar-refractivity contribution is -0.253. The summed E-state index contributed by atoms with van der Waals surface area (Å²) in [5.41, 5.74) is 7.30. The van der Waals surface area contributed by atoms with Crippen molar-refractivity contribution in [2.45, 2.75) is 158 Å². The monoisotopic (exact) mass is 870 g/mol. The van der Waals surface area contributed by atoms with Gasteiger partial charge in [-0.1, -0.05) is 111 Å². The fraction of sp³-hybridized carbons (Fsp3) is 0.769. The number of rotatable bonds is 10. The van der Waals surface area contributed by atoms with E-state index in [0.717, 1.165) is 62.8 Å². The molecule has 348 valence electrons. The Labute approximate surface area is 377 Å². The molecule has 1 amide bonds. The van der Waals surface area contributed by atoms with Crippen LogP contribution in [0.1, 0.15) is 151 Å². The Morgan fingerprint density at radius 3 is 2.32 bits per heavy atom. The first-order chi connectivity index (χ1) is 29.5. The van der Waals surface area contributed by atoms with E-state index in [2.05, 4.69) is 86.9 Å². The van der Waals surface area contributed by atoms with Crippen molar-refractivity contribution < 1.29 is 28.9 Å². The first kappa shape index (κ1) is 46.3. The largest absolute Gasteiger partial charge is 0.481 e. The fourth-order valence-corrected chi connectivity index (χ4v) is 14.5. The number of carbonyl (C=O) groups excluding carboxylic acids is 1. The van der Waals surface area contributed by atoms with Crippen molar-refractivity contribution in [1.29, 1.82) is 0 Å². The lowest BCUT2D eigenvalue weighted by Gasteiger charge is -2.71. The lowest BCUT2D eigenvalue weighted by atomic mass is 9.34. The van der Waals surface area contributed by atoms with E-state index in [-0.39, 0.29) is 69.7 Å². The number of ether oxygens (including phenoxy) is 3. The average Bonchev–Trinajstić information content (AvgIpc) is 3.72. The maximum Gasteiger partial charge on any atom is 0.410 e. The maximum absolute atomic E-state index is 13.7. The average molecular weight is 870 g/mol. The Balaban J connectivity index is 1.14. The summed E-state index contributed by atoms with van der Waals surface area (Å²) < 4.78 is 22.1. The Bertz CT molecular complexity index is 2040. The summed E-state index contributed by atoms with van der Waals surface area (Å²) in [4.78, 5) is 33.7. The number of likely N-dealkylation sites (tertiary alicyclic amines) is 1. The van der Waals surface area contributed by atoms with Crippen LogP contribution >= 0.6 is 0 Å². The van der Waals surface area contributed by atoms with Gasteiger partial charge in [0.1, 0.15) is 18.8 Å². The lowest BCUT2D eigenvalue weighted by Crippen LogP contribution is -2.69. The van der Waals surface area contributed by atoms with Gasteiger partial charge in [-0.15, -0.1) is 0 Å². The molecule has 63 heavy (non-hydrogen) atoms. The first-order valence-electron chi connectivity index (χ1n) is 24.3. The molecule has 2 aliphatic heterocycles. The van der Waals surface area contributed by atoms with Gasteiger partial charge in [0.05, 0.1) is 37.9 Å². The van der Waals surface area contributed by atoms with Crippen LogP contribution in [0.4, 0.5) is 4.79 Å². The van der Waals surface area contributed by atoms with E-state index in [1.807, 2.05) is 35.2 Å². The van der Waals surface area contributed by atoms with Crippen molar-refractivity contribution in [3.63, 3.8) is 0 Å². The summed E-state index contributed by atoms with van der Waals surface area (Å²) in [5, 5.41) is 16.3. The minimum absolute atomic E-state index is 0.116. The molecule has 2 bridgehead atoms. The highest BCUT2D eigenvalue weighted by atomic mass is 16.6.